The van der Waals surface area contributed by atoms with Crippen LogP contribution in [0.1, 0.15) is 26.7 Å². The summed E-state index contributed by atoms with van der Waals surface area (Å²) in [7, 11) is 0. The molecule has 1 N–H and O–H groups in total. The molecule has 0 saturated carbocycles. The maximum Gasteiger partial charge on any atom is 0.161 e. The number of hydrogen-bond acceptors (Lipinski definition) is 3. The van der Waals surface area contributed by atoms with E-state index in [9.17, 15) is 0 Å². The average molecular weight is 284 g/mol. The van der Waals surface area contributed by atoms with Crippen molar-refractivity contribution in [3.05, 3.63) is 42.5 Å². The molecule has 1 heterocycles. The third-order valence-electron chi connectivity index (χ3n) is 4.16. The van der Waals surface area contributed by atoms with E-state index in [1.165, 1.54) is 10.8 Å². The zero-order chi connectivity index (χ0) is 14.0. The number of anilines is 1. The van der Waals surface area contributed by atoms with Gasteiger partial charge in [-0.3, -0.25) is 4.99 Å². The summed E-state index contributed by atoms with van der Waals surface area (Å²) in [5.74, 6) is 1.09. The Kier molecular flexibility index (Phi) is 3.70. The highest BCUT2D eigenvalue weighted by atomic mass is 32.2. The largest absolute Gasteiger partial charge is 0.334 e. The summed E-state index contributed by atoms with van der Waals surface area (Å²) in [4.78, 5) is 4.93. The second-order valence-electron chi connectivity index (χ2n) is 5.29. The van der Waals surface area contributed by atoms with Gasteiger partial charge in [0.2, 0.25) is 0 Å². The number of amidine groups is 1. The lowest BCUT2D eigenvalue weighted by Crippen LogP contribution is -2.24. The van der Waals surface area contributed by atoms with E-state index in [4.69, 9.17) is 4.99 Å². The van der Waals surface area contributed by atoms with Crippen LogP contribution in [0.5, 0.6) is 0 Å². The molecule has 0 saturated heterocycles. The van der Waals surface area contributed by atoms with Gasteiger partial charge in [0.25, 0.3) is 0 Å². The summed E-state index contributed by atoms with van der Waals surface area (Å²) in [6.07, 6.45) is 2.22. The Labute approximate surface area is 124 Å². The Balaban J connectivity index is 1.91. The topological polar surface area (TPSA) is 24.4 Å². The normalized spacial score (nSPS) is 17.2. The van der Waals surface area contributed by atoms with Gasteiger partial charge < -0.3 is 5.32 Å². The van der Waals surface area contributed by atoms with Crippen molar-refractivity contribution >= 4 is 33.4 Å². The molecule has 2 nitrogen and oxygen atoms in total. The van der Waals surface area contributed by atoms with Gasteiger partial charge in [-0.2, -0.15) is 0 Å². The third kappa shape index (κ3) is 2.42. The first-order valence-electron chi connectivity index (χ1n) is 7.24. The molecule has 0 amide bonds. The summed E-state index contributed by atoms with van der Waals surface area (Å²) >= 11 is 1.84. The van der Waals surface area contributed by atoms with Crippen molar-refractivity contribution < 1.29 is 0 Å². The standard InChI is InChI=1S/C17H20N2S/c1-3-17(4-2)12-20-16(19-17)18-15-11-7-9-13-8-5-6-10-14(13)15/h5-11H,3-4,12H2,1-2H3,(H,18,19). The van der Waals surface area contributed by atoms with Crippen LogP contribution in [0, 0.1) is 0 Å². The molecule has 104 valence electrons. The van der Waals surface area contributed by atoms with Crippen LogP contribution in [0.15, 0.2) is 47.5 Å². The zero-order valence-corrected chi connectivity index (χ0v) is 12.8. The van der Waals surface area contributed by atoms with Crippen LogP contribution in [0.4, 0.5) is 5.69 Å². The van der Waals surface area contributed by atoms with Crippen LogP contribution < -0.4 is 5.32 Å². The van der Waals surface area contributed by atoms with Crippen molar-refractivity contribution in [1.29, 1.82) is 0 Å². The monoisotopic (exact) mass is 284 g/mol. The molecule has 3 rings (SSSR count). The number of thioether (sulfide) groups is 1. The maximum absolute atomic E-state index is 4.93. The highest BCUT2D eigenvalue weighted by Crippen LogP contribution is 2.34. The Morgan fingerprint density at radius 3 is 2.60 bits per heavy atom. The molecule has 1 aliphatic rings. The molecule has 0 spiro atoms. The van der Waals surface area contributed by atoms with Crippen LogP contribution in [-0.2, 0) is 0 Å². The van der Waals surface area contributed by atoms with Crippen LogP contribution >= 0.6 is 11.8 Å². The van der Waals surface area contributed by atoms with E-state index >= 15 is 0 Å². The molecule has 1 aliphatic heterocycles. The quantitative estimate of drug-likeness (QED) is 0.865. The first-order valence-corrected chi connectivity index (χ1v) is 8.22. The molecule has 2 aromatic rings. The number of rotatable bonds is 3. The molecule has 20 heavy (non-hydrogen) atoms. The van der Waals surface area contributed by atoms with Gasteiger partial charge in [0, 0.05) is 16.8 Å². The van der Waals surface area contributed by atoms with E-state index in [1.54, 1.807) is 0 Å². The van der Waals surface area contributed by atoms with Gasteiger partial charge in [-0.15, -0.1) is 0 Å². The Morgan fingerprint density at radius 1 is 1.10 bits per heavy atom. The SMILES string of the molecule is CCC1(CC)CSC(Nc2cccc3ccccc23)=N1. The van der Waals surface area contributed by atoms with Crippen molar-refractivity contribution in [1.82, 2.24) is 0 Å². The van der Waals surface area contributed by atoms with E-state index in [0.29, 0.717) is 0 Å². The fourth-order valence-corrected chi connectivity index (χ4v) is 3.93. The maximum atomic E-state index is 4.93. The second kappa shape index (κ2) is 5.49. The van der Waals surface area contributed by atoms with E-state index in [1.807, 2.05) is 11.8 Å². The third-order valence-corrected chi connectivity index (χ3v) is 5.31. The molecule has 0 aromatic heterocycles. The second-order valence-corrected chi connectivity index (χ2v) is 6.25. The molecule has 0 unspecified atom stereocenters. The van der Waals surface area contributed by atoms with Crippen molar-refractivity contribution in [3.63, 3.8) is 0 Å². The molecule has 0 radical (unpaired) electrons. The number of fused-ring (bicyclic) bond motifs is 1. The average Bonchev–Trinajstić information content (AvgIpc) is 2.92. The molecular weight excluding hydrogens is 264 g/mol. The summed E-state index contributed by atoms with van der Waals surface area (Å²) < 4.78 is 0. The lowest BCUT2D eigenvalue weighted by Gasteiger charge is -2.20. The van der Waals surface area contributed by atoms with Crippen LogP contribution in [0.3, 0.4) is 0 Å². The minimum absolute atomic E-state index is 0.136. The Morgan fingerprint density at radius 2 is 1.85 bits per heavy atom. The summed E-state index contributed by atoms with van der Waals surface area (Å²) in [6.45, 7) is 4.46. The van der Waals surface area contributed by atoms with Gasteiger partial charge in [0.15, 0.2) is 5.17 Å². The molecule has 0 fully saturated rings. The lowest BCUT2D eigenvalue weighted by molar-refractivity contribution is 0.456. The first kappa shape index (κ1) is 13.5. The molecule has 0 aliphatic carbocycles. The lowest BCUT2D eigenvalue weighted by atomic mass is 9.97. The van der Waals surface area contributed by atoms with Crippen LogP contribution in [0.25, 0.3) is 10.8 Å². The Hall–Kier alpha value is -1.48. The van der Waals surface area contributed by atoms with E-state index < -0.39 is 0 Å². The molecule has 0 atom stereocenters. The summed E-state index contributed by atoms with van der Waals surface area (Å²) in [6, 6.07) is 14.8. The van der Waals surface area contributed by atoms with Gasteiger partial charge in [-0.05, 0) is 24.3 Å². The molecule has 0 bridgehead atoms. The van der Waals surface area contributed by atoms with Gasteiger partial charge >= 0.3 is 0 Å². The number of nitrogens with zero attached hydrogens (tertiary/aromatic N) is 1. The Bertz CT molecular complexity index is 639. The predicted molar refractivity (Wildman–Crippen MR) is 90.8 cm³/mol. The summed E-state index contributed by atoms with van der Waals surface area (Å²) in [5, 5.41) is 7.10. The molecular formula is C17H20N2S. The van der Waals surface area contributed by atoms with Crippen LogP contribution in [0.2, 0.25) is 0 Å². The first-order chi connectivity index (χ1) is 9.76. The minimum atomic E-state index is 0.136. The smallest absolute Gasteiger partial charge is 0.161 e. The number of nitrogens with one attached hydrogen (secondary N) is 1. The number of aliphatic imine (C=N–C) groups is 1. The van der Waals surface area contributed by atoms with E-state index in [-0.39, 0.29) is 5.54 Å². The summed E-state index contributed by atoms with van der Waals surface area (Å²) in [5.41, 5.74) is 1.29. The fourth-order valence-electron chi connectivity index (χ4n) is 2.61. The van der Waals surface area contributed by atoms with Crippen LogP contribution in [-0.4, -0.2) is 16.5 Å². The highest BCUT2D eigenvalue weighted by molar-refractivity contribution is 8.14. The van der Waals surface area contributed by atoms with Crippen molar-refractivity contribution in [2.75, 3.05) is 11.1 Å². The zero-order valence-electron chi connectivity index (χ0n) is 12.0. The highest BCUT2D eigenvalue weighted by Gasteiger charge is 2.32. The van der Waals surface area contributed by atoms with E-state index in [2.05, 4.69) is 61.6 Å². The molecule has 3 heteroatoms. The number of benzene rings is 2. The van der Waals surface area contributed by atoms with Crippen molar-refractivity contribution in [2.45, 2.75) is 32.2 Å². The van der Waals surface area contributed by atoms with Crippen molar-refractivity contribution in [2.24, 2.45) is 4.99 Å². The van der Waals surface area contributed by atoms with Gasteiger partial charge in [0.05, 0.1) is 5.54 Å². The van der Waals surface area contributed by atoms with Gasteiger partial charge in [-0.25, -0.2) is 0 Å². The van der Waals surface area contributed by atoms with E-state index in [0.717, 1.165) is 29.4 Å². The van der Waals surface area contributed by atoms with Gasteiger partial charge in [0.1, 0.15) is 0 Å². The predicted octanol–water partition coefficient (Wildman–Crippen LogP) is 4.91. The van der Waals surface area contributed by atoms with Gasteiger partial charge in [-0.1, -0.05) is 62.0 Å². The molecule has 2 aromatic carbocycles. The number of hydrogen-bond donors (Lipinski definition) is 1. The minimum Gasteiger partial charge on any atom is -0.334 e. The fraction of sp³-hybridized carbons (Fsp3) is 0.353. The van der Waals surface area contributed by atoms with Crippen molar-refractivity contribution in [3.8, 4) is 0 Å².